The Hall–Kier alpha value is -3.07. The third kappa shape index (κ3) is 5.71. The van der Waals surface area contributed by atoms with Gasteiger partial charge in [-0.25, -0.2) is 0 Å². The van der Waals surface area contributed by atoms with Gasteiger partial charge in [0.05, 0.1) is 6.10 Å². The molecule has 0 heterocycles. The van der Waals surface area contributed by atoms with Gasteiger partial charge in [-0.15, -0.1) is 0 Å². The highest BCUT2D eigenvalue weighted by Crippen LogP contribution is 2.19. The maximum atomic E-state index is 12.3. The first kappa shape index (κ1) is 19.7. The van der Waals surface area contributed by atoms with E-state index in [9.17, 15) is 4.79 Å². The Bertz CT molecular complexity index is 886. The maximum absolute atomic E-state index is 12.3. The van der Waals surface area contributed by atoms with Crippen molar-refractivity contribution >= 4 is 5.91 Å². The predicted octanol–water partition coefficient (Wildman–Crippen LogP) is 5.50. The third-order valence-corrected chi connectivity index (χ3v) is 4.45. The molecule has 0 aromatic heterocycles. The van der Waals surface area contributed by atoms with Crippen molar-refractivity contribution in [2.75, 3.05) is 6.54 Å². The number of carbonyl (C=O) groups excluding carboxylic acids is 1. The van der Waals surface area contributed by atoms with E-state index >= 15 is 0 Å². The number of hydrogen-bond acceptors (Lipinski definition) is 2. The van der Waals surface area contributed by atoms with Crippen LogP contribution in [0.4, 0.5) is 0 Å². The lowest BCUT2D eigenvalue weighted by Gasteiger charge is -2.11. The second kappa shape index (κ2) is 9.75. The molecule has 0 aliphatic carbocycles. The number of hydrogen-bond donors (Lipinski definition) is 1. The molecular weight excluding hydrogens is 346 g/mol. The summed E-state index contributed by atoms with van der Waals surface area (Å²) in [5, 5.41) is 3.01. The van der Waals surface area contributed by atoms with Crippen molar-refractivity contribution in [3.63, 3.8) is 0 Å². The molecule has 0 radical (unpaired) electrons. The molecule has 0 aliphatic heterocycles. The first-order chi connectivity index (χ1) is 13.6. The number of amides is 1. The van der Waals surface area contributed by atoms with Gasteiger partial charge in [0.25, 0.3) is 5.91 Å². The largest absolute Gasteiger partial charge is 0.491 e. The van der Waals surface area contributed by atoms with Crippen LogP contribution < -0.4 is 10.1 Å². The SMILES string of the molecule is CC(C)Oc1cccc(CCCNC(=O)c2ccc(-c3ccccc3)cc2)c1. The fourth-order valence-electron chi connectivity index (χ4n) is 3.09. The van der Waals surface area contributed by atoms with Gasteiger partial charge in [0.1, 0.15) is 5.75 Å². The first-order valence-corrected chi connectivity index (χ1v) is 9.81. The van der Waals surface area contributed by atoms with E-state index in [1.165, 1.54) is 5.56 Å². The van der Waals surface area contributed by atoms with E-state index in [0.29, 0.717) is 12.1 Å². The fourth-order valence-corrected chi connectivity index (χ4v) is 3.09. The molecule has 3 nitrogen and oxygen atoms in total. The Kier molecular flexibility index (Phi) is 6.85. The minimum atomic E-state index is -0.0310. The van der Waals surface area contributed by atoms with Crippen LogP contribution in [0.2, 0.25) is 0 Å². The third-order valence-electron chi connectivity index (χ3n) is 4.45. The molecule has 0 bridgehead atoms. The average molecular weight is 373 g/mol. The number of rotatable bonds is 8. The van der Waals surface area contributed by atoms with Crippen LogP contribution in [-0.4, -0.2) is 18.6 Å². The van der Waals surface area contributed by atoms with E-state index in [1.807, 2.05) is 68.4 Å². The standard InChI is InChI=1S/C25H27NO2/c1-19(2)28-24-12-6-8-20(18-24)9-7-17-26-25(27)23-15-13-22(14-16-23)21-10-4-3-5-11-21/h3-6,8,10-16,18-19H,7,9,17H2,1-2H3,(H,26,27). The minimum Gasteiger partial charge on any atom is -0.491 e. The monoisotopic (exact) mass is 373 g/mol. The van der Waals surface area contributed by atoms with Crippen LogP contribution in [0.5, 0.6) is 5.75 Å². The van der Waals surface area contributed by atoms with E-state index in [1.54, 1.807) is 0 Å². The van der Waals surface area contributed by atoms with E-state index in [-0.39, 0.29) is 12.0 Å². The van der Waals surface area contributed by atoms with Crippen molar-refractivity contribution in [1.82, 2.24) is 5.32 Å². The molecule has 144 valence electrons. The summed E-state index contributed by atoms with van der Waals surface area (Å²) >= 11 is 0. The van der Waals surface area contributed by atoms with Gasteiger partial charge in [0.15, 0.2) is 0 Å². The lowest BCUT2D eigenvalue weighted by atomic mass is 10.0. The molecule has 1 N–H and O–H groups in total. The highest BCUT2D eigenvalue weighted by molar-refractivity contribution is 5.94. The van der Waals surface area contributed by atoms with E-state index < -0.39 is 0 Å². The Morgan fingerprint density at radius 1 is 0.893 bits per heavy atom. The van der Waals surface area contributed by atoms with Gasteiger partial charge in [0.2, 0.25) is 0 Å². The van der Waals surface area contributed by atoms with Gasteiger partial charge in [-0.05, 0) is 67.6 Å². The number of carbonyl (C=O) groups is 1. The molecule has 3 aromatic rings. The van der Waals surface area contributed by atoms with Crippen molar-refractivity contribution in [2.24, 2.45) is 0 Å². The summed E-state index contributed by atoms with van der Waals surface area (Å²) in [7, 11) is 0. The number of ether oxygens (including phenoxy) is 1. The van der Waals surface area contributed by atoms with E-state index in [2.05, 4.69) is 29.6 Å². The number of nitrogens with one attached hydrogen (secondary N) is 1. The van der Waals surface area contributed by atoms with Crippen LogP contribution in [0, 0.1) is 0 Å². The van der Waals surface area contributed by atoms with Gasteiger partial charge in [-0.1, -0.05) is 54.6 Å². The number of benzene rings is 3. The quantitative estimate of drug-likeness (QED) is 0.529. The van der Waals surface area contributed by atoms with Gasteiger partial charge in [-0.2, -0.15) is 0 Å². The van der Waals surface area contributed by atoms with E-state index in [0.717, 1.165) is 29.7 Å². The van der Waals surface area contributed by atoms with Gasteiger partial charge >= 0.3 is 0 Å². The summed E-state index contributed by atoms with van der Waals surface area (Å²) in [5.74, 6) is 0.867. The molecule has 0 fully saturated rings. The maximum Gasteiger partial charge on any atom is 0.251 e. The predicted molar refractivity (Wildman–Crippen MR) is 115 cm³/mol. The summed E-state index contributed by atoms with van der Waals surface area (Å²) in [4.78, 5) is 12.3. The first-order valence-electron chi connectivity index (χ1n) is 9.81. The zero-order valence-corrected chi connectivity index (χ0v) is 16.5. The molecule has 0 saturated carbocycles. The molecule has 1 amide bonds. The number of aryl methyl sites for hydroxylation is 1. The summed E-state index contributed by atoms with van der Waals surface area (Å²) in [6, 6.07) is 26.1. The lowest BCUT2D eigenvalue weighted by molar-refractivity contribution is 0.0953. The summed E-state index contributed by atoms with van der Waals surface area (Å²) in [6.07, 6.45) is 1.96. The molecule has 28 heavy (non-hydrogen) atoms. The van der Waals surface area contributed by atoms with Crippen LogP contribution in [-0.2, 0) is 6.42 Å². The average Bonchev–Trinajstić information content (AvgIpc) is 2.72. The second-order valence-electron chi connectivity index (χ2n) is 7.12. The van der Waals surface area contributed by atoms with Crippen LogP contribution >= 0.6 is 0 Å². The molecule has 0 spiro atoms. The van der Waals surface area contributed by atoms with Gasteiger partial charge in [-0.3, -0.25) is 4.79 Å². The van der Waals surface area contributed by atoms with Crippen molar-refractivity contribution in [3.05, 3.63) is 90.0 Å². The molecule has 0 atom stereocenters. The summed E-state index contributed by atoms with van der Waals surface area (Å²) in [6.45, 7) is 4.69. The summed E-state index contributed by atoms with van der Waals surface area (Å²) in [5.41, 5.74) is 4.17. The molecule has 3 rings (SSSR count). The van der Waals surface area contributed by atoms with Crippen LogP contribution in [0.15, 0.2) is 78.9 Å². The van der Waals surface area contributed by atoms with Crippen molar-refractivity contribution in [3.8, 4) is 16.9 Å². The highest BCUT2D eigenvalue weighted by Gasteiger charge is 2.06. The van der Waals surface area contributed by atoms with Crippen molar-refractivity contribution in [2.45, 2.75) is 32.8 Å². The second-order valence-corrected chi connectivity index (χ2v) is 7.12. The van der Waals surface area contributed by atoms with Crippen molar-refractivity contribution < 1.29 is 9.53 Å². The normalized spacial score (nSPS) is 10.7. The minimum absolute atomic E-state index is 0.0310. The molecule has 3 heteroatoms. The van der Waals surface area contributed by atoms with Crippen LogP contribution in [0.25, 0.3) is 11.1 Å². The van der Waals surface area contributed by atoms with Crippen molar-refractivity contribution in [1.29, 1.82) is 0 Å². The Labute approximate surface area is 167 Å². The summed E-state index contributed by atoms with van der Waals surface area (Å²) < 4.78 is 5.73. The molecule has 0 aliphatic rings. The Balaban J connectivity index is 1.47. The molecule has 0 unspecified atom stereocenters. The van der Waals surface area contributed by atoms with Gasteiger partial charge < -0.3 is 10.1 Å². The molecule has 3 aromatic carbocycles. The smallest absolute Gasteiger partial charge is 0.251 e. The molecule has 0 saturated heterocycles. The fraction of sp³-hybridized carbons (Fsp3) is 0.240. The Morgan fingerprint density at radius 2 is 1.61 bits per heavy atom. The van der Waals surface area contributed by atoms with Gasteiger partial charge in [0, 0.05) is 12.1 Å². The van der Waals surface area contributed by atoms with Crippen LogP contribution in [0.3, 0.4) is 0 Å². The lowest BCUT2D eigenvalue weighted by Crippen LogP contribution is -2.24. The topological polar surface area (TPSA) is 38.3 Å². The molecular formula is C25H27NO2. The Morgan fingerprint density at radius 3 is 2.32 bits per heavy atom. The highest BCUT2D eigenvalue weighted by atomic mass is 16.5. The zero-order valence-electron chi connectivity index (χ0n) is 16.5. The zero-order chi connectivity index (χ0) is 19.8. The van der Waals surface area contributed by atoms with Crippen LogP contribution in [0.1, 0.15) is 36.2 Å². The van der Waals surface area contributed by atoms with E-state index in [4.69, 9.17) is 4.74 Å².